The number of carbonyl (C=O) groups is 1. The monoisotopic (exact) mass is 346 g/mol. The molecule has 140 valence electrons. The van der Waals surface area contributed by atoms with Gasteiger partial charge in [-0.15, -0.1) is 0 Å². The Labute approximate surface area is 152 Å². The third-order valence-corrected chi connectivity index (χ3v) is 5.59. The number of benzene rings is 1. The molecule has 25 heavy (non-hydrogen) atoms. The Bertz CT molecular complexity index is 551. The van der Waals surface area contributed by atoms with E-state index in [1.165, 1.54) is 5.56 Å². The van der Waals surface area contributed by atoms with Crippen LogP contribution in [0, 0.1) is 11.8 Å². The molecule has 5 atom stereocenters. The summed E-state index contributed by atoms with van der Waals surface area (Å²) >= 11 is 0. The molecule has 2 rings (SSSR count). The van der Waals surface area contributed by atoms with Gasteiger partial charge in [0.15, 0.2) is 0 Å². The van der Waals surface area contributed by atoms with Gasteiger partial charge in [-0.1, -0.05) is 44.2 Å². The van der Waals surface area contributed by atoms with Crippen LogP contribution in [-0.4, -0.2) is 34.7 Å². The number of hydrogen-bond donors (Lipinski definition) is 1. The summed E-state index contributed by atoms with van der Waals surface area (Å²) in [7, 11) is 0. The van der Waals surface area contributed by atoms with Gasteiger partial charge in [0.05, 0.1) is 0 Å². The van der Waals surface area contributed by atoms with Crippen molar-refractivity contribution in [2.75, 3.05) is 0 Å². The predicted molar refractivity (Wildman–Crippen MR) is 102 cm³/mol. The Morgan fingerprint density at radius 2 is 1.56 bits per heavy atom. The summed E-state index contributed by atoms with van der Waals surface area (Å²) in [4.78, 5) is 14.8. The van der Waals surface area contributed by atoms with Gasteiger partial charge in [-0.3, -0.25) is 4.90 Å². The van der Waals surface area contributed by atoms with Crippen LogP contribution in [0.5, 0.6) is 0 Å². The minimum Gasteiger partial charge on any atom is -0.444 e. The van der Waals surface area contributed by atoms with Gasteiger partial charge in [0.1, 0.15) is 5.60 Å². The zero-order valence-corrected chi connectivity index (χ0v) is 16.7. The molecule has 1 unspecified atom stereocenters. The van der Waals surface area contributed by atoms with Crippen LogP contribution in [0.2, 0.25) is 0 Å². The van der Waals surface area contributed by atoms with Crippen molar-refractivity contribution in [1.82, 2.24) is 10.2 Å². The van der Waals surface area contributed by atoms with Crippen LogP contribution in [0.15, 0.2) is 30.3 Å². The second kappa shape index (κ2) is 7.77. The van der Waals surface area contributed by atoms with E-state index in [2.05, 4.69) is 68.2 Å². The minimum absolute atomic E-state index is 0.117. The fraction of sp³-hybridized carbons (Fsp3) is 0.667. The van der Waals surface area contributed by atoms with Crippen molar-refractivity contribution in [3.63, 3.8) is 0 Å². The van der Waals surface area contributed by atoms with Crippen molar-refractivity contribution in [3.05, 3.63) is 35.9 Å². The summed E-state index contributed by atoms with van der Waals surface area (Å²) in [6, 6.07) is 11.5. The van der Waals surface area contributed by atoms with E-state index in [0.29, 0.717) is 23.9 Å². The minimum atomic E-state index is -0.470. The zero-order valence-electron chi connectivity index (χ0n) is 16.7. The van der Waals surface area contributed by atoms with E-state index in [4.69, 9.17) is 4.74 Å². The second-order valence-electron chi connectivity index (χ2n) is 8.53. The molecule has 0 radical (unpaired) electrons. The predicted octanol–water partition coefficient (Wildman–Crippen LogP) is 4.44. The first kappa shape index (κ1) is 19.8. The van der Waals surface area contributed by atoms with E-state index in [-0.39, 0.29) is 12.1 Å². The lowest BCUT2D eigenvalue weighted by molar-refractivity contribution is -0.0119. The van der Waals surface area contributed by atoms with E-state index in [1.54, 1.807) is 0 Å². The number of alkyl carbamates (subject to hydrolysis) is 1. The quantitative estimate of drug-likeness (QED) is 0.879. The van der Waals surface area contributed by atoms with Gasteiger partial charge in [-0.05, 0) is 52.0 Å². The SMILES string of the molecule is C[C@@H]1C(NC(=O)OC(C)(C)C)[C@H](C)[C@H](C)N(Cc2ccccc2)[C@H]1C. The molecule has 0 aliphatic carbocycles. The van der Waals surface area contributed by atoms with Crippen molar-refractivity contribution in [3.8, 4) is 0 Å². The highest BCUT2D eigenvalue weighted by molar-refractivity contribution is 5.68. The molecular weight excluding hydrogens is 312 g/mol. The summed E-state index contributed by atoms with van der Waals surface area (Å²) in [5, 5.41) is 3.13. The molecule has 1 fully saturated rings. The highest BCUT2D eigenvalue weighted by Crippen LogP contribution is 2.33. The van der Waals surface area contributed by atoms with Crippen molar-refractivity contribution in [1.29, 1.82) is 0 Å². The molecule has 0 aromatic heterocycles. The molecule has 1 amide bonds. The van der Waals surface area contributed by atoms with Crippen molar-refractivity contribution in [2.24, 2.45) is 11.8 Å². The lowest BCUT2D eigenvalue weighted by atomic mass is 9.76. The van der Waals surface area contributed by atoms with Gasteiger partial charge in [0.2, 0.25) is 0 Å². The first-order chi connectivity index (χ1) is 11.6. The number of piperidine rings is 1. The molecule has 4 nitrogen and oxygen atoms in total. The smallest absolute Gasteiger partial charge is 0.407 e. The van der Waals surface area contributed by atoms with Crippen molar-refractivity contribution in [2.45, 2.75) is 78.7 Å². The maximum Gasteiger partial charge on any atom is 0.407 e. The lowest BCUT2D eigenvalue weighted by Crippen LogP contribution is -2.62. The zero-order chi connectivity index (χ0) is 18.8. The van der Waals surface area contributed by atoms with Crippen LogP contribution in [0.25, 0.3) is 0 Å². The highest BCUT2D eigenvalue weighted by atomic mass is 16.6. The van der Waals surface area contributed by atoms with Gasteiger partial charge in [0, 0.05) is 24.7 Å². The van der Waals surface area contributed by atoms with Crippen LogP contribution >= 0.6 is 0 Å². The van der Waals surface area contributed by atoms with Gasteiger partial charge in [-0.25, -0.2) is 4.79 Å². The summed E-state index contributed by atoms with van der Waals surface area (Å²) in [6.45, 7) is 15.6. The lowest BCUT2D eigenvalue weighted by Gasteiger charge is -2.50. The highest BCUT2D eigenvalue weighted by Gasteiger charge is 2.42. The number of amides is 1. The number of carbonyl (C=O) groups excluding carboxylic acids is 1. The molecule has 1 saturated heterocycles. The van der Waals surface area contributed by atoms with Gasteiger partial charge >= 0.3 is 6.09 Å². The van der Waals surface area contributed by atoms with Gasteiger partial charge in [0.25, 0.3) is 0 Å². The van der Waals surface area contributed by atoms with E-state index in [0.717, 1.165) is 6.54 Å². The summed E-state index contributed by atoms with van der Waals surface area (Å²) in [5.41, 5.74) is 0.862. The third kappa shape index (κ3) is 4.97. The molecule has 0 spiro atoms. The number of likely N-dealkylation sites (tertiary alicyclic amines) is 1. The second-order valence-corrected chi connectivity index (χ2v) is 8.53. The van der Waals surface area contributed by atoms with Crippen LogP contribution in [0.1, 0.15) is 54.0 Å². The Morgan fingerprint density at radius 3 is 2.04 bits per heavy atom. The van der Waals surface area contributed by atoms with Crippen molar-refractivity contribution >= 4 is 6.09 Å². The average Bonchev–Trinajstić information content (AvgIpc) is 2.53. The Balaban J connectivity index is 2.09. The Hall–Kier alpha value is -1.55. The largest absolute Gasteiger partial charge is 0.444 e. The van der Waals surface area contributed by atoms with Crippen molar-refractivity contribution < 1.29 is 9.53 Å². The van der Waals surface area contributed by atoms with Crippen LogP contribution in [0.3, 0.4) is 0 Å². The number of ether oxygens (including phenoxy) is 1. The number of nitrogens with one attached hydrogen (secondary N) is 1. The van der Waals surface area contributed by atoms with Crippen LogP contribution in [0.4, 0.5) is 4.79 Å². The number of rotatable bonds is 3. The number of hydrogen-bond acceptors (Lipinski definition) is 3. The van der Waals surface area contributed by atoms with Gasteiger partial charge in [-0.2, -0.15) is 0 Å². The molecule has 1 aliphatic heterocycles. The van der Waals surface area contributed by atoms with Gasteiger partial charge < -0.3 is 10.1 Å². The molecule has 1 aliphatic rings. The molecule has 0 bridgehead atoms. The normalized spacial score (nSPS) is 30.8. The molecule has 1 aromatic rings. The molecule has 0 saturated carbocycles. The van der Waals surface area contributed by atoms with Crippen LogP contribution in [-0.2, 0) is 11.3 Å². The first-order valence-electron chi connectivity index (χ1n) is 9.39. The maximum absolute atomic E-state index is 12.3. The molecule has 1 aromatic carbocycles. The third-order valence-electron chi connectivity index (χ3n) is 5.59. The maximum atomic E-state index is 12.3. The first-order valence-corrected chi connectivity index (χ1v) is 9.39. The molecule has 1 heterocycles. The summed E-state index contributed by atoms with van der Waals surface area (Å²) < 4.78 is 5.47. The average molecular weight is 347 g/mol. The van der Waals surface area contributed by atoms with E-state index in [9.17, 15) is 4.79 Å². The number of nitrogens with zero attached hydrogens (tertiary/aromatic N) is 1. The van der Waals surface area contributed by atoms with Crippen LogP contribution < -0.4 is 5.32 Å². The van der Waals surface area contributed by atoms with E-state index in [1.807, 2.05) is 20.8 Å². The fourth-order valence-corrected chi connectivity index (χ4v) is 3.84. The van der Waals surface area contributed by atoms with E-state index >= 15 is 0 Å². The Morgan fingerprint density at radius 1 is 1.04 bits per heavy atom. The summed E-state index contributed by atoms with van der Waals surface area (Å²) in [6.07, 6.45) is -0.313. The standard InChI is InChI=1S/C21H34N2O2/c1-14-16(3)23(13-18-11-9-8-10-12-18)17(4)15(2)19(14)22-20(24)25-21(5,6)7/h8-12,14-17,19H,13H2,1-7H3,(H,22,24)/t14-,15+,16-,17-,19?/m0/s1. The molecular formula is C21H34N2O2. The molecule has 1 N–H and O–H groups in total. The van der Waals surface area contributed by atoms with E-state index < -0.39 is 5.60 Å². The fourth-order valence-electron chi connectivity index (χ4n) is 3.84. The summed E-state index contributed by atoms with van der Waals surface area (Å²) in [5.74, 6) is 0.699. The topological polar surface area (TPSA) is 41.6 Å². The molecule has 4 heteroatoms. The Kier molecular flexibility index (Phi) is 6.15.